The fourth-order valence-electron chi connectivity index (χ4n) is 2.53. The van der Waals surface area contributed by atoms with Gasteiger partial charge in [0.1, 0.15) is 5.75 Å². The van der Waals surface area contributed by atoms with Gasteiger partial charge in [-0.2, -0.15) is 0 Å². The summed E-state index contributed by atoms with van der Waals surface area (Å²) in [5.74, 6) is -0.00867. The molecular weight excluding hydrogens is 280 g/mol. The lowest BCUT2D eigenvalue weighted by Gasteiger charge is -2.15. The van der Waals surface area contributed by atoms with E-state index in [4.69, 9.17) is 0 Å². The molecule has 0 radical (unpaired) electrons. The Hall–Kier alpha value is -3.08. The fraction of sp³-hybridized carbons (Fsp3) is 0.0588. The van der Waals surface area contributed by atoms with E-state index in [1.165, 1.54) is 0 Å². The van der Waals surface area contributed by atoms with Gasteiger partial charge in [0, 0.05) is 11.4 Å². The quantitative estimate of drug-likeness (QED) is 0.632. The fourth-order valence-corrected chi connectivity index (χ4v) is 2.53. The Balaban J connectivity index is 2.10. The number of rotatable bonds is 5. The summed E-state index contributed by atoms with van der Waals surface area (Å²) >= 11 is 0. The normalized spacial score (nSPS) is 10.8. The van der Waals surface area contributed by atoms with Crippen LogP contribution in [0.15, 0.2) is 48.5 Å². The molecule has 0 aliphatic rings. The van der Waals surface area contributed by atoms with Crippen molar-refractivity contribution >= 4 is 12.6 Å². The van der Waals surface area contributed by atoms with Gasteiger partial charge in [0.15, 0.2) is 12.6 Å². The Morgan fingerprint density at radius 2 is 1.27 bits per heavy atom. The zero-order valence-corrected chi connectivity index (χ0v) is 11.6. The molecule has 0 aliphatic heterocycles. The Kier molecular flexibility index (Phi) is 3.62. The molecule has 3 N–H and O–H groups in total. The molecule has 0 bridgehead atoms. The summed E-state index contributed by atoms with van der Waals surface area (Å²) in [7, 11) is 0. The van der Waals surface area contributed by atoms with Gasteiger partial charge < -0.3 is 15.1 Å². The van der Waals surface area contributed by atoms with Crippen molar-refractivity contribution in [1.82, 2.24) is 9.97 Å². The molecule has 0 unspecified atom stereocenters. The van der Waals surface area contributed by atoms with Crippen molar-refractivity contribution in [3.05, 3.63) is 76.9 Å². The van der Waals surface area contributed by atoms with Crippen molar-refractivity contribution in [2.24, 2.45) is 0 Å². The zero-order valence-electron chi connectivity index (χ0n) is 11.6. The lowest BCUT2D eigenvalue weighted by atomic mass is 9.92. The second-order valence-electron chi connectivity index (χ2n) is 5.00. The topological polar surface area (TPSA) is 85.9 Å². The van der Waals surface area contributed by atoms with Crippen molar-refractivity contribution in [3.8, 4) is 5.75 Å². The molecular formula is C17H14N2O3. The number of H-pyrrole nitrogens is 2. The molecule has 0 amide bonds. The predicted molar refractivity (Wildman–Crippen MR) is 81.4 cm³/mol. The minimum absolute atomic E-state index is 0.183. The van der Waals surface area contributed by atoms with Crippen LogP contribution < -0.4 is 0 Å². The molecule has 22 heavy (non-hydrogen) atoms. The Labute approximate surface area is 126 Å². The van der Waals surface area contributed by atoms with Crippen LogP contribution in [0, 0.1) is 0 Å². The molecule has 0 saturated heterocycles. The summed E-state index contributed by atoms with van der Waals surface area (Å²) in [6, 6.07) is 13.9. The summed E-state index contributed by atoms with van der Waals surface area (Å²) in [6.07, 6.45) is 1.51. The van der Waals surface area contributed by atoms with Gasteiger partial charge in [0.2, 0.25) is 0 Å². The average molecular weight is 294 g/mol. The number of aldehydes is 2. The molecule has 1 aromatic carbocycles. The molecule has 0 spiro atoms. The number of aromatic amines is 2. The van der Waals surface area contributed by atoms with Crippen LogP contribution >= 0.6 is 0 Å². The Bertz CT molecular complexity index is 753. The van der Waals surface area contributed by atoms with E-state index in [9.17, 15) is 14.7 Å². The van der Waals surface area contributed by atoms with Crippen molar-refractivity contribution in [2.45, 2.75) is 5.92 Å². The number of nitrogens with one attached hydrogen (secondary N) is 2. The Morgan fingerprint density at radius 3 is 1.68 bits per heavy atom. The monoisotopic (exact) mass is 294 g/mol. The summed E-state index contributed by atoms with van der Waals surface area (Å²) in [5.41, 5.74) is 3.55. The van der Waals surface area contributed by atoms with E-state index < -0.39 is 0 Å². The lowest BCUT2D eigenvalue weighted by molar-refractivity contribution is 0.111. The highest BCUT2D eigenvalue weighted by atomic mass is 16.3. The van der Waals surface area contributed by atoms with E-state index in [1.807, 2.05) is 24.3 Å². The van der Waals surface area contributed by atoms with E-state index >= 15 is 0 Å². The number of phenolic OH excluding ortho intramolecular Hbond substituents is 1. The first-order valence-corrected chi connectivity index (χ1v) is 6.78. The molecule has 3 rings (SSSR count). The van der Waals surface area contributed by atoms with Crippen LogP contribution in [0.2, 0.25) is 0 Å². The molecule has 0 atom stereocenters. The molecule has 0 fully saturated rings. The van der Waals surface area contributed by atoms with Crippen LogP contribution in [0.4, 0.5) is 0 Å². The van der Waals surface area contributed by atoms with Crippen molar-refractivity contribution in [1.29, 1.82) is 0 Å². The summed E-state index contributed by atoms with van der Waals surface area (Å²) < 4.78 is 0. The second kappa shape index (κ2) is 5.73. The Morgan fingerprint density at radius 1 is 0.773 bits per heavy atom. The molecule has 3 aromatic rings. The standard InChI is InChI=1S/C17H14N2O3/c20-9-12-3-7-15(18-12)17(11-1-5-14(22)6-2-11)16-8-4-13(10-21)19-16/h1-10,17-19,22H. The smallest absolute Gasteiger partial charge is 0.166 e. The molecule has 5 heteroatoms. The number of benzene rings is 1. The van der Waals surface area contributed by atoms with Gasteiger partial charge in [-0.3, -0.25) is 9.59 Å². The first-order chi connectivity index (χ1) is 10.7. The van der Waals surface area contributed by atoms with Crippen LogP contribution in [-0.4, -0.2) is 27.6 Å². The number of phenols is 1. The van der Waals surface area contributed by atoms with E-state index in [0.29, 0.717) is 11.4 Å². The number of hydrogen-bond acceptors (Lipinski definition) is 3. The molecule has 5 nitrogen and oxygen atoms in total. The van der Waals surface area contributed by atoms with Crippen LogP contribution in [0.1, 0.15) is 43.8 Å². The number of carbonyl (C=O) groups excluding carboxylic acids is 2. The molecule has 110 valence electrons. The van der Waals surface area contributed by atoms with Crippen LogP contribution in [0.5, 0.6) is 5.75 Å². The third-order valence-corrected chi connectivity index (χ3v) is 3.56. The third-order valence-electron chi connectivity index (χ3n) is 3.56. The minimum atomic E-state index is -0.192. The highest BCUT2D eigenvalue weighted by Crippen LogP contribution is 2.31. The summed E-state index contributed by atoms with van der Waals surface area (Å²) in [5, 5.41) is 9.46. The number of aromatic hydroxyl groups is 1. The molecule has 2 aromatic heterocycles. The van der Waals surface area contributed by atoms with E-state index in [0.717, 1.165) is 29.5 Å². The van der Waals surface area contributed by atoms with Crippen molar-refractivity contribution in [3.63, 3.8) is 0 Å². The van der Waals surface area contributed by atoms with Crippen LogP contribution in [0.3, 0.4) is 0 Å². The minimum Gasteiger partial charge on any atom is -0.508 e. The van der Waals surface area contributed by atoms with E-state index in [2.05, 4.69) is 9.97 Å². The molecule has 0 saturated carbocycles. The number of hydrogen-bond donors (Lipinski definition) is 3. The molecule has 2 heterocycles. The lowest BCUT2D eigenvalue weighted by Crippen LogP contribution is -2.05. The van der Waals surface area contributed by atoms with Gasteiger partial charge in [-0.05, 0) is 42.0 Å². The second-order valence-corrected chi connectivity index (χ2v) is 5.00. The maximum absolute atomic E-state index is 10.9. The zero-order chi connectivity index (χ0) is 15.5. The van der Waals surface area contributed by atoms with Gasteiger partial charge in [-0.1, -0.05) is 12.1 Å². The molecule has 0 aliphatic carbocycles. The van der Waals surface area contributed by atoms with Crippen molar-refractivity contribution < 1.29 is 14.7 Å². The average Bonchev–Trinajstić information content (AvgIpc) is 3.19. The maximum atomic E-state index is 10.9. The first kappa shape index (κ1) is 13.9. The summed E-state index contributed by atoms with van der Waals surface area (Å²) in [4.78, 5) is 27.9. The van der Waals surface area contributed by atoms with Gasteiger partial charge in [-0.15, -0.1) is 0 Å². The number of aromatic nitrogens is 2. The maximum Gasteiger partial charge on any atom is 0.166 e. The summed E-state index contributed by atoms with van der Waals surface area (Å²) in [6.45, 7) is 0. The van der Waals surface area contributed by atoms with E-state index in [1.54, 1.807) is 24.3 Å². The van der Waals surface area contributed by atoms with Gasteiger partial charge in [0.25, 0.3) is 0 Å². The van der Waals surface area contributed by atoms with Gasteiger partial charge in [0.05, 0.1) is 17.3 Å². The van der Waals surface area contributed by atoms with Crippen LogP contribution in [-0.2, 0) is 0 Å². The van der Waals surface area contributed by atoms with Crippen molar-refractivity contribution in [2.75, 3.05) is 0 Å². The largest absolute Gasteiger partial charge is 0.508 e. The van der Waals surface area contributed by atoms with Gasteiger partial charge in [-0.25, -0.2) is 0 Å². The predicted octanol–water partition coefficient (Wildman–Crippen LogP) is 2.85. The van der Waals surface area contributed by atoms with Gasteiger partial charge >= 0.3 is 0 Å². The highest BCUT2D eigenvalue weighted by Gasteiger charge is 2.20. The first-order valence-electron chi connectivity index (χ1n) is 6.78. The third kappa shape index (κ3) is 2.56. The SMILES string of the molecule is O=Cc1ccc(C(c2ccc(O)cc2)c2ccc(C=O)[nH]2)[nH]1. The van der Waals surface area contributed by atoms with E-state index in [-0.39, 0.29) is 11.7 Å². The number of carbonyl (C=O) groups is 2. The van der Waals surface area contributed by atoms with Crippen LogP contribution in [0.25, 0.3) is 0 Å². The highest BCUT2D eigenvalue weighted by molar-refractivity contribution is 5.73.